The van der Waals surface area contributed by atoms with Crippen molar-refractivity contribution in [2.24, 2.45) is 0 Å². The molecule has 0 aromatic heterocycles. The molecule has 0 saturated carbocycles. The first kappa shape index (κ1) is 30.4. The van der Waals surface area contributed by atoms with Crippen LogP contribution in [0.5, 0.6) is 0 Å². The summed E-state index contributed by atoms with van der Waals surface area (Å²) in [5.41, 5.74) is 9.67. The average molecular weight is 522 g/mol. The normalized spacial score (nSPS) is 10.9. The SMILES string of the molecule is CCCCCCCCc1cc(-c2ccc(CC#N)cc2)c(CCCCCCCC)cc1-c1ccc(C=O)cc1. The Balaban J connectivity index is 1.95. The number of benzene rings is 3. The molecule has 3 aromatic carbocycles. The Bertz CT molecular complexity index is 1170. The fourth-order valence-corrected chi connectivity index (χ4v) is 5.47. The number of carbonyl (C=O) groups is 1. The Hall–Kier alpha value is -3.18. The molecule has 39 heavy (non-hydrogen) atoms. The number of hydrogen-bond donors (Lipinski definition) is 0. The molecule has 0 aliphatic carbocycles. The highest BCUT2D eigenvalue weighted by molar-refractivity contribution is 5.80. The quantitative estimate of drug-likeness (QED) is 0.123. The summed E-state index contributed by atoms with van der Waals surface area (Å²) in [7, 11) is 0. The zero-order valence-corrected chi connectivity index (χ0v) is 24.3. The summed E-state index contributed by atoms with van der Waals surface area (Å²) in [4.78, 5) is 11.3. The Morgan fingerprint density at radius 2 is 1.05 bits per heavy atom. The van der Waals surface area contributed by atoms with E-state index in [-0.39, 0.29) is 0 Å². The van der Waals surface area contributed by atoms with Gasteiger partial charge in [0.1, 0.15) is 6.29 Å². The van der Waals surface area contributed by atoms with Crippen LogP contribution < -0.4 is 0 Å². The summed E-state index contributed by atoms with van der Waals surface area (Å²) >= 11 is 0. The van der Waals surface area contributed by atoms with Crippen LogP contribution in [0.15, 0.2) is 60.7 Å². The van der Waals surface area contributed by atoms with Gasteiger partial charge in [0.05, 0.1) is 12.5 Å². The van der Waals surface area contributed by atoms with Crippen LogP contribution >= 0.6 is 0 Å². The summed E-state index contributed by atoms with van der Waals surface area (Å²) in [6.07, 6.45) is 18.9. The van der Waals surface area contributed by atoms with Gasteiger partial charge in [-0.1, -0.05) is 139 Å². The van der Waals surface area contributed by atoms with Gasteiger partial charge < -0.3 is 0 Å². The van der Waals surface area contributed by atoms with Gasteiger partial charge >= 0.3 is 0 Å². The number of carbonyl (C=O) groups excluding carboxylic acids is 1. The van der Waals surface area contributed by atoms with Crippen molar-refractivity contribution in [3.8, 4) is 28.3 Å². The molecular weight excluding hydrogens is 474 g/mol. The Morgan fingerprint density at radius 1 is 0.615 bits per heavy atom. The molecule has 0 saturated heterocycles. The summed E-state index contributed by atoms with van der Waals surface area (Å²) in [6, 6.07) is 23.8. The van der Waals surface area contributed by atoms with Crippen molar-refractivity contribution in [2.45, 2.75) is 110 Å². The lowest BCUT2D eigenvalue weighted by atomic mass is 9.86. The molecule has 0 fully saturated rings. The number of unbranched alkanes of at least 4 members (excludes halogenated alkanes) is 10. The Labute approximate surface area is 237 Å². The molecule has 3 aromatic rings. The van der Waals surface area contributed by atoms with Crippen LogP contribution in [0.3, 0.4) is 0 Å². The topological polar surface area (TPSA) is 40.9 Å². The van der Waals surface area contributed by atoms with E-state index in [0.29, 0.717) is 6.42 Å². The van der Waals surface area contributed by atoms with E-state index in [0.717, 1.165) is 30.3 Å². The summed E-state index contributed by atoms with van der Waals surface area (Å²) in [5.74, 6) is 0. The van der Waals surface area contributed by atoms with Crippen LogP contribution in [0.2, 0.25) is 0 Å². The van der Waals surface area contributed by atoms with Crippen molar-refractivity contribution in [3.63, 3.8) is 0 Å². The fourth-order valence-electron chi connectivity index (χ4n) is 5.47. The van der Waals surface area contributed by atoms with E-state index in [1.54, 1.807) is 0 Å². The van der Waals surface area contributed by atoms with Crippen LogP contribution in [0.1, 0.15) is 118 Å². The minimum absolute atomic E-state index is 0.448. The Morgan fingerprint density at radius 3 is 1.49 bits per heavy atom. The van der Waals surface area contributed by atoms with E-state index in [4.69, 9.17) is 5.26 Å². The molecule has 0 N–H and O–H groups in total. The highest BCUT2D eigenvalue weighted by atomic mass is 16.1. The van der Waals surface area contributed by atoms with Crippen LogP contribution in [0, 0.1) is 11.3 Å². The third kappa shape index (κ3) is 9.81. The van der Waals surface area contributed by atoms with Crippen LogP contribution in [-0.2, 0) is 19.3 Å². The summed E-state index contributed by atoms with van der Waals surface area (Å²) < 4.78 is 0. The molecule has 0 atom stereocenters. The molecule has 0 spiro atoms. The largest absolute Gasteiger partial charge is 0.298 e. The smallest absolute Gasteiger partial charge is 0.150 e. The van der Waals surface area contributed by atoms with Gasteiger partial charge in [-0.25, -0.2) is 0 Å². The first-order chi connectivity index (χ1) is 19.2. The van der Waals surface area contributed by atoms with E-state index >= 15 is 0 Å². The van der Waals surface area contributed by atoms with Crippen molar-refractivity contribution < 1.29 is 4.79 Å². The first-order valence-electron chi connectivity index (χ1n) is 15.4. The van der Waals surface area contributed by atoms with Gasteiger partial charge in [-0.3, -0.25) is 4.79 Å². The van der Waals surface area contributed by atoms with Crippen molar-refractivity contribution in [2.75, 3.05) is 0 Å². The molecule has 2 nitrogen and oxygen atoms in total. The van der Waals surface area contributed by atoms with Gasteiger partial charge in [0.2, 0.25) is 0 Å². The molecule has 0 aliphatic heterocycles. The lowest BCUT2D eigenvalue weighted by Crippen LogP contribution is -1.99. The highest BCUT2D eigenvalue weighted by Crippen LogP contribution is 2.35. The van der Waals surface area contributed by atoms with E-state index in [1.165, 1.54) is 110 Å². The van der Waals surface area contributed by atoms with Gasteiger partial charge in [-0.2, -0.15) is 5.26 Å². The molecule has 0 bridgehead atoms. The maximum atomic E-state index is 11.3. The van der Waals surface area contributed by atoms with Crippen LogP contribution in [0.25, 0.3) is 22.3 Å². The van der Waals surface area contributed by atoms with Gasteiger partial charge in [-0.15, -0.1) is 0 Å². The minimum Gasteiger partial charge on any atom is -0.298 e. The maximum Gasteiger partial charge on any atom is 0.150 e. The second-order valence-electron chi connectivity index (χ2n) is 11.0. The standard InChI is InChI=1S/C37H47NO/c1-3-5-7-9-11-13-15-34-28-37(33-23-19-31(29-39)20-24-33)35(16-14-12-10-8-6-4-2)27-36(34)32-21-17-30(18-22-32)25-26-38/h17-24,27-29H,3-16,25H2,1-2H3. The molecule has 0 unspecified atom stereocenters. The lowest BCUT2D eigenvalue weighted by molar-refractivity contribution is 0.112. The van der Waals surface area contributed by atoms with Crippen molar-refractivity contribution in [1.82, 2.24) is 0 Å². The van der Waals surface area contributed by atoms with Gasteiger partial charge in [0.25, 0.3) is 0 Å². The third-order valence-electron chi connectivity index (χ3n) is 7.83. The monoisotopic (exact) mass is 521 g/mol. The summed E-state index contributed by atoms with van der Waals surface area (Å²) in [5, 5.41) is 9.11. The first-order valence-corrected chi connectivity index (χ1v) is 15.4. The second kappa shape index (κ2) is 17.4. The molecule has 2 heteroatoms. The van der Waals surface area contributed by atoms with Crippen molar-refractivity contribution >= 4 is 6.29 Å². The number of hydrogen-bond acceptors (Lipinski definition) is 2. The number of nitrogens with zero attached hydrogens (tertiary/aromatic N) is 1. The molecule has 206 valence electrons. The van der Waals surface area contributed by atoms with E-state index in [2.05, 4.69) is 68.4 Å². The summed E-state index contributed by atoms with van der Waals surface area (Å²) in [6.45, 7) is 4.54. The third-order valence-corrected chi connectivity index (χ3v) is 7.83. The van der Waals surface area contributed by atoms with E-state index in [9.17, 15) is 4.79 Å². The van der Waals surface area contributed by atoms with Gasteiger partial charge in [0, 0.05) is 5.56 Å². The number of aryl methyl sites for hydroxylation is 2. The number of aldehydes is 1. The zero-order valence-electron chi connectivity index (χ0n) is 24.3. The average Bonchev–Trinajstić information content (AvgIpc) is 2.97. The molecular formula is C37H47NO. The van der Waals surface area contributed by atoms with Gasteiger partial charge in [0.15, 0.2) is 0 Å². The predicted octanol–water partition coefficient (Wildman–Crippen LogP) is 10.7. The zero-order chi connectivity index (χ0) is 27.7. The Kier molecular flexibility index (Phi) is 13.6. The molecule has 0 aliphatic rings. The maximum absolute atomic E-state index is 11.3. The molecule has 0 heterocycles. The molecule has 3 rings (SSSR count). The molecule has 0 radical (unpaired) electrons. The number of rotatable bonds is 18. The molecule has 0 amide bonds. The highest BCUT2D eigenvalue weighted by Gasteiger charge is 2.14. The lowest BCUT2D eigenvalue weighted by Gasteiger charge is -2.18. The van der Waals surface area contributed by atoms with Crippen molar-refractivity contribution in [3.05, 3.63) is 82.9 Å². The fraction of sp³-hybridized carbons (Fsp3) is 0.459. The second-order valence-corrected chi connectivity index (χ2v) is 11.0. The minimum atomic E-state index is 0.448. The predicted molar refractivity (Wildman–Crippen MR) is 166 cm³/mol. The van der Waals surface area contributed by atoms with E-state index in [1.807, 2.05) is 12.1 Å². The number of nitriles is 1. The van der Waals surface area contributed by atoms with E-state index < -0.39 is 0 Å². The van der Waals surface area contributed by atoms with Crippen LogP contribution in [0.4, 0.5) is 0 Å². The van der Waals surface area contributed by atoms with Crippen LogP contribution in [-0.4, -0.2) is 6.29 Å². The van der Waals surface area contributed by atoms with Gasteiger partial charge in [-0.05, 0) is 64.6 Å². The van der Waals surface area contributed by atoms with Crippen molar-refractivity contribution in [1.29, 1.82) is 5.26 Å².